The van der Waals surface area contributed by atoms with Gasteiger partial charge in [-0.25, -0.2) is 12.8 Å². The maximum Gasteiger partial charge on any atom is 0.246 e. The molecule has 0 radical (unpaired) electrons. The van der Waals surface area contributed by atoms with Crippen LogP contribution in [0.5, 0.6) is 5.75 Å². The van der Waals surface area contributed by atoms with Crippen LogP contribution in [0.25, 0.3) is 11.3 Å². The molecule has 2 heterocycles. The summed E-state index contributed by atoms with van der Waals surface area (Å²) < 4.78 is 46.1. The molecule has 4 rings (SSSR count). The van der Waals surface area contributed by atoms with Gasteiger partial charge in [0.15, 0.2) is 5.82 Å². The van der Waals surface area contributed by atoms with E-state index in [9.17, 15) is 12.8 Å². The molecule has 0 unspecified atom stereocenters. The number of rotatable bonds is 5. The third-order valence-corrected chi connectivity index (χ3v) is 7.36. The van der Waals surface area contributed by atoms with E-state index in [1.165, 1.54) is 23.5 Å². The van der Waals surface area contributed by atoms with Crippen LogP contribution >= 0.6 is 11.6 Å². The van der Waals surface area contributed by atoms with E-state index in [2.05, 4.69) is 10.2 Å². The Hall–Kier alpha value is -2.75. The van der Waals surface area contributed by atoms with E-state index in [1.807, 2.05) is 35.2 Å². The smallest absolute Gasteiger partial charge is 0.246 e. The molecule has 1 aliphatic heterocycles. The number of nitrogens with zero attached hydrogens (tertiary/aromatic N) is 4. The third-order valence-electron chi connectivity index (χ3n) is 5.11. The van der Waals surface area contributed by atoms with Crippen molar-refractivity contribution in [1.29, 1.82) is 0 Å². The maximum atomic E-state index is 13.7. The minimum Gasteiger partial charge on any atom is -0.495 e. The van der Waals surface area contributed by atoms with E-state index in [1.54, 1.807) is 6.07 Å². The maximum absolute atomic E-state index is 13.7. The van der Waals surface area contributed by atoms with E-state index in [4.69, 9.17) is 16.3 Å². The van der Waals surface area contributed by atoms with Gasteiger partial charge < -0.3 is 9.64 Å². The Balaban J connectivity index is 1.48. The molecule has 162 valence electrons. The molecule has 7 nitrogen and oxygen atoms in total. The molecule has 3 aromatic rings. The Labute approximate surface area is 185 Å². The average Bonchev–Trinajstić information content (AvgIpc) is 2.79. The molecule has 0 amide bonds. The van der Waals surface area contributed by atoms with Crippen molar-refractivity contribution in [2.45, 2.75) is 4.90 Å². The normalized spacial score (nSPS) is 15.1. The summed E-state index contributed by atoms with van der Waals surface area (Å²) in [5.74, 6) is 0.132. The predicted molar refractivity (Wildman–Crippen MR) is 116 cm³/mol. The van der Waals surface area contributed by atoms with E-state index >= 15 is 0 Å². The van der Waals surface area contributed by atoms with Crippen LogP contribution in [0.4, 0.5) is 10.2 Å². The molecule has 31 heavy (non-hydrogen) atoms. The van der Waals surface area contributed by atoms with Gasteiger partial charge in [-0.15, -0.1) is 10.2 Å². The van der Waals surface area contributed by atoms with Gasteiger partial charge in [-0.3, -0.25) is 0 Å². The number of anilines is 1. The van der Waals surface area contributed by atoms with Gasteiger partial charge in [-0.2, -0.15) is 4.31 Å². The number of piperazine rings is 1. The van der Waals surface area contributed by atoms with Crippen LogP contribution in [-0.4, -0.2) is 56.2 Å². The quantitative estimate of drug-likeness (QED) is 0.578. The van der Waals surface area contributed by atoms with Gasteiger partial charge in [0, 0.05) is 31.7 Å². The first-order valence-electron chi connectivity index (χ1n) is 9.57. The summed E-state index contributed by atoms with van der Waals surface area (Å²) in [5.41, 5.74) is 1.46. The van der Waals surface area contributed by atoms with Crippen LogP contribution in [-0.2, 0) is 10.0 Å². The number of aromatic nitrogens is 2. The van der Waals surface area contributed by atoms with Gasteiger partial charge in [0.25, 0.3) is 0 Å². The van der Waals surface area contributed by atoms with Crippen LogP contribution in [0.3, 0.4) is 0 Å². The SMILES string of the molecule is COc1ccc(F)cc1S(=O)(=O)N1CCN(c2ccc(-c3ccccc3Cl)nn2)CC1. The molecular formula is C21H20ClFN4O3S. The molecule has 0 saturated carbocycles. The van der Waals surface area contributed by atoms with Gasteiger partial charge in [-0.05, 0) is 36.4 Å². The number of methoxy groups -OCH3 is 1. The van der Waals surface area contributed by atoms with Crippen LogP contribution in [0.15, 0.2) is 59.5 Å². The Morgan fingerprint density at radius 1 is 1.00 bits per heavy atom. The molecule has 0 N–H and O–H groups in total. The molecule has 1 aliphatic rings. The number of benzene rings is 2. The first-order chi connectivity index (χ1) is 14.9. The highest BCUT2D eigenvalue weighted by molar-refractivity contribution is 7.89. The standard InChI is InChI=1S/C21H20ClFN4O3S/c1-30-19-8-6-15(23)14-20(19)31(28,29)27-12-10-26(11-13-27)21-9-7-18(24-25-21)16-4-2-3-5-17(16)22/h2-9,14H,10-13H2,1H3. The summed E-state index contributed by atoms with van der Waals surface area (Å²) in [7, 11) is -2.53. The van der Waals surface area contributed by atoms with Crippen molar-refractivity contribution < 1.29 is 17.5 Å². The van der Waals surface area contributed by atoms with Crippen LogP contribution in [0.2, 0.25) is 5.02 Å². The second kappa shape index (κ2) is 8.78. The van der Waals surface area contributed by atoms with Crippen LogP contribution in [0, 0.1) is 5.82 Å². The fraction of sp³-hybridized carbons (Fsp3) is 0.238. The summed E-state index contributed by atoms with van der Waals surface area (Å²) >= 11 is 6.21. The molecular weight excluding hydrogens is 443 g/mol. The number of halogens is 2. The first kappa shape index (κ1) is 21.5. The van der Waals surface area contributed by atoms with Crippen LogP contribution < -0.4 is 9.64 Å². The largest absolute Gasteiger partial charge is 0.495 e. The average molecular weight is 463 g/mol. The van der Waals surface area contributed by atoms with Crippen molar-refractivity contribution in [1.82, 2.24) is 14.5 Å². The van der Waals surface area contributed by atoms with E-state index in [0.717, 1.165) is 11.6 Å². The first-order valence-corrected chi connectivity index (χ1v) is 11.4. The summed E-state index contributed by atoms with van der Waals surface area (Å²) in [6, 6.07) is 14.5. The molecule has 0 spiro atoms. The highest BCUT2D eigenvalue weighted by Gasteiger charge is 2.31. The summed E-state index contributed by atoms with van der Waals surface area (Å²) in [6.45, 7) is 1.32. The highest BCUT2D eigenvalue weighted by atomic mass is 35.5. The fourth-order valence-electron chi connectivity index (χ4n) is 3.46. The second-order valence-corrected chi connectivity index (χ2v) is 9.26. The lowest BCUT2D eigenvalue weighted by Crippen LogP contribution is -2.49. The summed E-state index contributed by atoms with van der Waals surface area (Å²) in [4.78, 5) is 1.78. The Kier molecular flexibility index (Phi) is 6.08. The monoisotopic (exact) mass is 462 g/mol. The number of ether oxygens (including phenoxy) is 1. The van der Waals surface area contributed by atoms with Crippen molar-refractivity contribution in [3.05, 3.63) is 65.4 Å². The topological polar surface area (TPSA) is 75.6 Å². The Morgan fingerprint density at radius 2 is 1.74 bits per heavy atom. The minimum atomic E-state index is -3.89. The lowest BCUT2D eigenvalue weighted by molar-refractivity contribution is 0.372. The lowest BCUT2D eigenvalue weighted by Gasteiger charge is -2.34. The van der Waals surface area contributed by atoms with Crippen LogP contribution in [0.1, 0.15) is 0 Å². The Bertz CT molecular complexity index is 1180. The van der Waals surface area contributed by atoms with Gasteiger partial charge in [0.2, 0.25) is 10.0 Å². The zero-order chi connectivity index (χ0) is 22.0. The number of sulfonamides is 1. The van der Waals surface area contributed by atoms with Crippen molar-refractivity contribution in [2.75, 3.05) is 38.2 Å². The number of hydrogen-bond donors (Lipinski definition) is 0. The van der Waals surface area contributed by atoms with Gasteiger partial charge in [0.05, 0.1) is 17.8 Å². The molecule has 0 bridgehead atoms. The zero-order valence-corrected chi connectivity index (χ0v) is 18.3. The van der Waals surface area contributed by atoms with Crippen molar-refractivity contribution in [2.24, 2.45) is 0 Å². The molecule has 2 aromatic carbocycles. The number of hydrogen-bond acceptors (Lipinski definition) is 6. The lowest BCUT2D eigenvalue weighted by atomic mass is 10.1. The predicted octanol–water partition coefficient (Wildman–Crippen LogP) is 3.46. The van der Waals surface area contributed by atoms with E-state index in [0.29, 0.717) is 29.6 Å². The van der Waals surface area contributed by atoms with E-state index in [-0.39, 0.29) is 23.7 Å². The molecule has 1 saturated heterocycles. The molecule has 10 heteroatoms. The third kappa shape index (κ3) is 4.34. The molecule has 1 aromatic heterocycles. The van der Waals surface area contributed by atoms with E-state index < -0.39 is 15.8 Å². The van der Waals surface area contributed by atoms with Gasteiger partial charge in [-0.1, -0.05) is 29.8 Å². The molecule has 1 fully saturated rings. The fourth-order valence-corrected chi connectivity index (χ4v) is 5.28. The summed E-state index contributed by atoms with van der Waals surface area (Å²) in [6.07, 6.45) is 0. The van der Waals surface area contributed by atoms with Crippen molar-refractivity contribution in [3.63, 3.8) is 0 Å². The van der Waals surface area contributed by atoms with Crippen molar-refractivity contribution in [3.8, 4) is 17.0 Å². The zero-order valence-electron chi connectivity index (χ0n) is 16.7. The molecule has 0 aliphatic carbocycles. The minimum absolute atomic E-state index is 0.116. The Morgan fingerprint density at radius 3 is 2.39 bits per heavy atom. The summed E-state index contributed by atoms with van der Waals surface area (Å²) in [5, 5.41) is 9.14. The van der Waals surface area contributed by atoms with Gasteiger partial charge >= 0.3 is 0 Å². The van der Waals surface area contributed by atoms with Gasteiger partial charge in [0.1, 0.15) is 16.5 Å². The second-order valence-electron chi connectivity index (χ2n) is 6.94. The highest BCUT2D eigenvalue weighted by Crippen LogP contribution is 2.29. The van der Waals surface area contributed by atoms with Crippen molar-refractivity contribution >= 4 is 27.4 Å². The molecule has 0 atom stereocenters.